The maximum atomic E-state index is 11.1. The summed E-state index contributed by atoms with van der Waals surface area (Å²) in [6.45, 7) is 3.03. The Bertz CT molecular complexity index is 519. The molecule has 0 spiro atoms. The van der Waals surface area contributed by atoms with E-state index in [4.69, 9.17) is 11.6 Å². The maximum absolute atomic E-state index is 11.1. The Morgan fingerprint density at radius 2 is 2.20 bits per heavy atom. The van der Waals surface area contributed by atoms with Crippen LogP contribution in [0.3, 0.4) is 0 Å². The lowest BCUT2D eigenvalue weighted by molar-refractivity contribution is -0.383. The Morgan fingerprint density at radius 3 is 2.90 bits per heavy atom. The first kappa shape index (κ1) is 13.6. The first-order valence-corrected chi connectivity index (χ1v) is 7.44. The largest absolute Gasteiger partial charge is 0.379 e. The van der Waals surface area contributed by atoms with E-state index >= 15 is 0 Å². The zero-order valence-electron chi connectivity index (χ0n) is 11.2. The van der Waals surface area contributed by atoms with Gasteiger partial charge in [0.15, 0.2) is 0 Å². The van der Waals surface area contributed by atoms with Crippen molar-refractivity contribution < 1.29 is 4.92 Å². The molecular weight excluding hydrogens is 278 g/mol. The van der Waals surface area contributed by atoms with E-state index in [2.05, 4.69) is 10.2 Å². The number of hydrogen-bond acceptors (Lipinski definition) is 4. The van der Waals surface area contributed by atoms with Crippen LogP contribution in [-0.2, 0) is 0 Å². The average molecular weight is 296 g/mol. The highest BCUT2D eigenvalue weighted by Crippen LogP contribution is 2.34. The number of rotatable bonds is 5. The number of likely N-dealkylation sites (tertiary alicyclic amines) is 1. The topological polar surface area (TPSA) is 58.4 Å². The molecule has 2 aliphatic rings. The van der Waals surface area contributed by atoms with Gasteiger partial charge in [-0.2, -0.15) is 0 Å². The van der Waals surface area contributed by atoms with Crippen LogP contribution in [0, 0.1) is 16.0 Å². The monoisotopic (exact) mass is 295 g/mol. The number of para-hydroxylation sites is 1. The highest BCUT2D eigenvalue weighted by molar-refractivity contribution is 6.33. The van der Waals surface area contributed by atoms with E-state index in [1.807, 2.05) is 0 Å². The molecule has 1 unspecified atom stereocenters. The lowest BCUT2D eigenvalue weighted by Crippen LogP contribution is -2.24. The number of anilines is 1. The van der Waals surface area contributed by atoms with Gasteiger partial charge in [0.25, 0.3) is 0 Å². The van der Waals surface area contributed by atoms with E-state index in [1.54, 1.807) is 18.2 Å². The molecule has 0 radical (unpaired) electrons. The molecule has 20 heavy (non-hydrogen) atoms. The molecule has 1 aromatic carbocycles. The fourth-order valence-corrected chi connectivity index (χ4v) is 3.14. The summed E-state index contributed by atoms with van der Waals surface area (Å²) >= 11 is 5.90. The number of benzene rings is 1. The molecule has 1 atom stereocenters. The van der Waals surface area contributed by atoms with Gasteiger partial charge in [0.2, 0.25) is 0 Å². The van der Waals surface area contributed by atoms with Crippen molar-refractivity contribution in [2.24, 2.45) is 5.92 Å². The van der Waals surface area contributed by atoms with Gasteiger partial charge >= 0.3 is 5.69 Å². The van der Waals surface area contributed by atoms with Crippen molar-refractivity contribution in [3.05, 3.63) is 33.3 Å². The molecule has 5 nitrogen and oxygen atoms in total. The SMILES string of the molecule is O=[N+]([O-])c1c(Cl)cccc1NCC1CCN(C2CC2)C1. The van der Waals surface area contributed by atoms with Gasteiger partial charge in [-0.1, -0.05) is 17.7 Å². The highest BCUT2D eigenvalue weighted by atomic mass is 35.5. The smallest absolute Gasteiger partial charge is 0.310 e. The van der Waals surface area contributed by atoms with Crippen molar-refractivity contribution in [3.63, 3.8) is 0 Å². The number of nitrogens with zero attached hydrogens (tertiary/aromatic N) is 2. The third kappa shape index (κ3) is 2.88. The molecule has 0 bridgehead atoms. The van der Waals surface area contributed by atoms with Crippen molar-refractivity contribution in [3.8, 4) is 0 Å². The molecule has 2 fully saturated rings. The second-order valence-electron chi connectivity index (χ2n) is 5.65. The van der Waals surface area contributed by atoms with Crippen molar-refractivity contribution in [1.82, 2.24) is 4.90 Å². The predicted octanol–water partition coefficient (Wildman–Crippen LogP) is 3.14. The zero-order chi connectivity index (χ0) is 14.1. The van der Waals surface area contributed by atoms with Crippen LogP contribution in [0.25, 0.3) is 0 Å². The molecule has 1 heterocycles. The van der Waals surface area contributed by atoms with Crippen LogP contribution < -0.4 is 5.32 Å². The minimum Gasteiger partial charge on any atom is -0.379 e. The van der Waals surface area contributed by atoms with E-state index < -0.39 is 4.92 Å². The summed E-state index contributed by atoms with van der Waals surface area (Å²) in [6, 6.07) is 5.82. The van der Waals surface area contributed by atoms with Crippen LogP contribution >= 0.6 is 11.6 Å². The molecule has 1 aromatic rings. The molecule has 0 aromatic heterocycles. The third-order valence-electron chi connectivity index (χ3n) is 4.13. The number of nitro groups is 1. The van der Waals surface area contributed by atoms with Crippen molar-refractivity contribution in [2.75, 3.05) is 25.0 Å². The first-order chi connectivity index (χ1) is 9.65. The number of halogens is 1. The Labute approximate surface area is 123 Å². The molecule has 108 valence electrons. The van der Waals surface area contributed by atoms with Gasteiger partial charge in [-0.25, -0.2) is 0 Å². The van der Waals surface area contributed by atoms with Gasteiger partial charge in [0.1, 0.15) is 10.7 Å². The number of nitrogens with one attached hydrogen (secondary N) is 1. The molecule has 1 aliphatic carbocycles. The van der Waals surface area contributed by atoms with Crippen LogP contribution in [0.4, 0.5) is 11.4 Å². The minimum absolute atomic E-state index is 0.0220. The van der Waals surface area contributed by atoms with Crippen LogP contribution in [0.5, 0.6) is 0 Å². The van der Waals surface area contributed by atoms with E-state index in [9.17, 15) is 10.1 Å². The summed E-state index contributed by atoms with van der Waals surface area (Å²) < 4.78 is 0. The summed E-state index contributed by atoms with van der Waals surface area (Å²) in [6.07, 6.45) is 3.83. The molecule has 0 amide bonds. The van der Waals surface area contributed by atoms with Crippen LogP contribution in [0.2, 0.25) is 5.02 Å². The Morgan fingerprint density at radius 1 is 1.40 bits per heavy atom. The van der Waals surface area contributed by atoms with Crippen LogP contribution in [0.15, 0.2) is 18.2 Å². The fourth-order valence-electron chi connectivity index (χ4n) is 2.90. The molecule has 3 rings (SSSR count). The predicted molar refractivity (Wildman–Crippen MR) is 79.3 cm³/mol. The van der Waals surface area contributed by atoms with E-state index in [-0.39, 0.29) is 10.7 Å². The molecule has 1 saturated carbocycles. The molecule has 6 heteroatoms. The van der Waals surface area contributed by atoms with Gasteiger partial charge in [-0.15, -0.1) is 0 Å². The van der Waals surface area contributed by atoms with E-state index in [0.29, 0.717) is 11.6 Å². The standard InChI is InChI=1S/C14H18ClN3O2/c15-12-2-1-3-13(14(12)18(19)20)16-8-10-6-7-17(9-10)11-4-5-11/h1-3,10-11,16H,4-9H2. The molecule has 1 saturated heterocycles. The highest BCUT2D eigenvalue weighted by Gasteiger charge is 2.34. The second kappa shape index (κ2) is 5.58. The second-order valence-corrected chi connectivity index (χ2v) is 6.06. The van der Waals surface area contributed by atoms with E-state index in [1.165, 1.54) is 12.8 Å². The minimum atomic E-state index is -0.421. The Kier molecular flexibility index (Phi) is 3.81. The fraction of sp³-hybridized carbons (Fsp3) is 0.571. The lowest BCUT2D eigenvalue weighted by Gasteiger charge is -2.15. The third-order valence-corrected chi connectivity index (χ3v) is 4.44. The van der Waals surface area contributed by atoms with E-state index in [0.717, 1.165) is 32.1 Å². The van der Waals surface area contributed by atoms with Crippen LogP contribution in [0.1, 0.15) is 19.3 Å². The summed E-state index contributed by atoms with van der Waals surface area (Å²) in [7, 11) is 0. The van der Waals surface area contributed by atoms with Crippen molar-refractivity contribution >= 4 is 23.0 Å². The van der Waals surface area contributed by atoms with Gasteiger partial charge in [0.05, 0.1) is 4.92 Å². The number of nitro benzene ring substituents is 1. The lowest BCUT2D eigenvalue weighted by atomic mass is 10.1. The zero-order valence-corrected chi connectivity index (χ0v) is 12.0. The summed E-state index contributed by atoms with van der Waals surface area (Å²) in [5.74, 6) is 0.564. The first-order valence-electron chi connectivity index (χ1n) is 7.06. The summed E-state index contributed by atoms with van der Waals surface area (Å²) in [4.78, 5) is 13.2. The average Bonchev–Trinajstić information content (AvgIpc) is 3.15. The summed E-state index contributed by atoms with van der Waals surface area (Å²) in [5.41, 5.74) is 0.499. The molecular formula is C14H18ClN3O2. The van der Waals surface area contributed by atoms with Gasteiger partial charge < -0.3 is 10.2 Å². The quantitative estimate of drug-likeness (QED) is 0.670. The Balaban J connectivity index is 1.61. The van der Waals surface area contributed by atoms with Gasteiger partial charge in [-0.3, -0.25) is 10.1 Å². The maximum Gasteiger partial charge on any atom is 0.310 e. The summed E-state index contributed by atoms with van der Waals surface area (Å²) in [5, 5.41) is 14.5. The Hall–Kier alpha value is -1.33. The van der Waals surface area contributed by atoms with Gasteiger partial charge in [0, 0.05) is 19.1 Å². The number of hydrogen-bond donors (Lipinski definition) is 1. The molecule has 1 N–H and O–H groups in total. The normalized spacial score (nSPS) is 22.9. The van der Waals surface area contributed by atoms with Crippen molar-refractivity contribution in [2.45, 2.75) is 25.3 Å². The van der Waals surface area contributed by atoms with Crippen LogP contribution in [-0.4, -0.2) is 35.5 Å². The molecule has 1 aliphatic heterocycles. The van der Waals surface area contributed by atoms with Gasteiger partial charge in [-0.05, 0) is 43.9 Å². The van der Waals surface area contributed by atoms with Crippen molar-refractivity contribution in [1.29, 1.82) is 0 Å².